The molecule has 7 heteroatoms. The fourth-order valence-corrected chi connectivity index (χ4v) is 3.01. The van der Waals surface area contributed by atoms with Crippen LogP contribution in [0.2, 0.25) is 0 Å². The van der Waals surface area contributed by atoms with Crippen molar-refractivity contribution < 1.29 is 13.2 Å². The van der Waals surface area contributed by atoms with Crippen molar-refractivity contribution in [1.29, 1.82) is 0 Å². The molecule has 0 aliphatic carbocycles. The maximum atomic E-state index is 12.0. The predicted octanol–water partition coefficient (Wildman–Crippen LogP) is 1.03. The molecule has 2 N–H and O–H groups in total. The Labute approximate surface area is 130 Å². The van der Waals surface area contributed by atoms with Gasteiger partial charge in [-0.2, -0.15) is 0 Å². The summed E-state index contributed by atoms with van der Waals surface area (Å²) < 4.78 is 24.4. The first kappa shape index (κ1) is 16.5. The number of amides is 1. The summed E-state index contributed by atoms with van der Waals surface area (Å²) in [5, 5.41) is 3.69. The van der Waals surface area contributed by atoms with E-state index in [0.29, 0.717) is 0 Å². The van der Waals surface area contributed by atoms with Crippen LogP contribution in [0, 0.1) is 6.92 Å². The normalized spacial score (nSPS) is 12.0. The van der Waals surface area contributed by atoms with Crippen molar-refractivity contribution in [3.63, 3.8) is 0 Å². The minimum atomic E-state index is -3.29. The van der Waals surface area contributed by atoms with E-state index in [4.69, 9.17) is 0 Å². The highest BCUT2D eigenvalue weighted by Crippen LogP contribution is 2.22. The van der Waals surface area contributed by atoms with Gasteiger partial charge in [0.2, 0.25) is 15.9 Å². The molecule has 2 aromatic rings. The molecule has 0 fully saturated rings. The Balaban J connectivity index is 1.99. The number of carbonyl (C=O) groups excluding carboxylic acids is 1. The molecule has 1 aromatic carbocycles. The van der Waals surface area contributed by atoms with Gasteiger partial charge >= 0.3 is 0 Å². The largest absolute Gasteiger partial charge is 0.358 e. The van der Waals surface area contributed by atoms with Crippen LogP contribution in [-0.4, -0.2) is 50.0 Å². The number of rotatable bonds is 6. The Morgan fingerprint density at radius 2 is 1.95 bits per heavy atom. The van der Waals surface area contributed by atoms with Crippen molar-refractivity contribution in [3.8, 4) is 0 Å². The lowest BCUT2D eigenvalue weighted by atomic mass is 10.1. The number of sulfonamides is 1. The first-order valence-electron chi connectivity index (χ1n) is 7.04. The van der Waals surface area contributed by atoms with E-state index in [2.05, 4.69) is 10.3 Å². The second kappa shape index (κ2) is 6.50. The average Bonchev–Trinajstić information content (AvgIpc) is 2.75. The van der Waals surface area contributed by atoms with E-state index in [0.717, 1.165) is 26.5 Å². The van der Waals surface area contributed by atoms with Gasteiger partial charge in [-0.1, -0.05) is 18.2 Å². The van der Waals surface area contributed by atoms with Crippen LogP contribution in [0.5, 0.6) is 0 Å². The molecular weight excluding hydrogens is 302 g/mol. The van der Waals surface area contributed by atoms with Gasteiger partial charge in [-0.3, -0.25) is 4.79 Å². The van der Waals surface area contributed by atoms with Crippen LogP contribution in [0.1, 0.15) is 11.3 Å². The Morgan fingerprint density at radius 1 is 1.27 bits per heavy atom. The Bertz CT molecular complexity index is 778. The number of hydrogen-bond donors (Lipinski definition) is 2. The molecule has 0 saturated heterocycles. The van der Waals surface area contributed by atoms with Gasteiger partial charge in [-0.05, 0) is 18.6 Å². The molecule has 0 bridgehead atoms. The molecule has 22 heavy (non-hydrogen) atoms. The zero-order chi connectivity index (χ0) is 16.3. The van der Waals surface area contributed by atoms with Crippen molar-refractivity contribution >= 4 is 26.8 Å². The number of benzene rings is 1. The molecular formula is C15H21N3O3S. The average molecular weight is 323 g/mol. The Morgan fingerprint density at radius 3 is 2.64 bits per heavy atom. The van der Waals surface area contributed by atoms with Crippen LogP contribution < -0.4 is 5.32 Å². The molecule has 1 heterocycles. The minimum Gasteiger partial charge on any atom is -0.358 e. The van der Waals surface area contributed by atoms with Gasteiger partial charge in [0, 0.05) is 37.2 Å². The van der Waals surface area contributed by atoms with E-state index in [1.54, 1.807) is 0 Å². The summed E-state index contributed by atoms with van der Waals surface area (Å²) in [5.41, 5.74) is 2.90. The third kappa shape index (κ3) is 3.66. The summed E-state index contributed by atoms with van der Waals surface area (Å²) in [6.45, 7) is 2.04. The molecule has 2 rings (SSSR count). The van der Waals surface area contributed by atoms with Crippen LogP contribution >= 0.6 is 0 Å². The van der Waals surface area contributed by atoms with Gasteiger partial charge in [0.25, 0.3) is 0 Å². The SMILES string of the molecule is Cc1[nH]c2ccccc2c1CC(=O)NCCS(=O)(=O)N(C)C. The highest BCUT2D eigenvalue weighted by atomic mass is 32.2. The van der Waals surface area contributed by atoms with E-state index in [9.17, 15) is 13.2 Å². The molecule has 0 unspecified atom stereocenters. The summed E-state index contributed by atoms with van der Waals surface area (Å²) in [5.74, 6) is -0.277. The number of H-pyrrole nitrogens is 1. The summed E-state index contributed by atoms with van der Waals surface area (Å²) in [6.07, 6.45) is 0.234. The molecule has 0 atom stereocenters. The number of aryl methyl sites for hydroxylation is 1. The van der Waals surface area contributed by atoms with E-state index >= 15 is 0 Å². The van der Waals surface area contributed by atoms with Crippen LogP contribution in [-0.2, 0) is 21.2 Å². The van der Waals surface area contributed by atoms with Crippen molar-refractivity contribution in [2.24, 2.45) is 0 Å². The summed E-state index contributed by atoms with van der Waals surface area (Å²) >= 11 is 0. The van der Waals surface area contributed by atoms with Crippen LogP contribution in [0.3, 0.4) is 0 Å². The Hall–Kier alpha value is -1.86. The maximum absolute atomic E-state index is 12.0. The van der Waals surface area contributed by atoms with Gasteiger partial charge in [-0.25, -0.2) is 12.7 Å². The molecule has 1 aromatic heterocycles. The third-order valence-electron chi connectivity index (χ3n) is 3.60. The van der Waals surface area contributed by atoms with Crippen molar-refractivity contribution in [3.05, 3.63) is 35.5 Å². The van der Waals surface area contributed by atoms with Crippen molar-refractivity contribution in [2.45, 2.75) is 13.3 Å². The predicted molar refractivity (Wildman–Crippen MR) is 87.2 cm³/mol. The van der Waals surface area contributed by atoms with Gasteiger partial charge in [0.15, 0.2) is 0 Å². The highest BCUT2D eigenvalue weighted by molar-refractivity contribution is 7.89. The monoisotopic (exact) mass is 323 g/mol. The quantitative estimate of drug-likeness (QED) is 0.833. The van der Waals surface area contributed by atoms with E-state index in [1.165, 1.54) is 14.1 Å². The van der Waals surface area contributed by atoms with Gasteiger partial charge < -0.3 is 10.3 Å². The first-order valence-corrected chi connectivity index (χ1v) is 8.65. The number of para-hydroxylation sites is 1. The third-order valence-corrected chi connectivity index (χ3v) is 5.44. The fraction of sp³-hybridized carbons (Fsp3) is 0.400. The molecule has 1 amide bonds. The lowest BCUT2D eigenvalue weighted by Crippen LogP contribution is -2.34. The summed E-state index contributed by atoms with van der Waals surface area (Å²) in [7, 11) is -0.329. The standard InChI is InChI=1S/C15H21N3O3S/c1-11-13(12-6-4-5-7-14(12)17-11)10-15(19)16-8-9-22(20,21)18(2)3/h4-7,17H,8-10H2,1-3H3,(H,16,19). The number of fused-ring (bicyclic) bond motifs is 1. The summed E-state index contributed by atoms with van der Waals surface area (Å²) in [6, 6.07) is 7.81. The lowest BCUT2D eigenvalue weighted by molar-refractivity contribution is -0.120. The minimum absolute atomic E-state index is 0.0986. The van der Waals surface area contributed by atoms with Gasteiger partial charge in [0.05, 0.1) is 12.2 Å². The Kier molecular flexibility index (Phi) is 4.87. The molecule has 0 spiro atoms. The molecule has 120 valence electrons. The van der Waals surface area contributed by atoms with Gasteiger partial charge in [0.1, 0.15) is 0 Å². The number of nitrogens with one attached hydrogen (secondary N) is 2. The summed E-state index contributed by atoms with van der Waals surface area (Å²) in [4.78, 5) is 15.3. The van der Waals surface area contributed by atoms with E-state index in [1.807, 2.05) is 31.2 Å². The highest BCUT2D eigenvalue weighted by Gasteiger charge is 2.15. The van der Waals surface area contributed by atoms with Crippen molar-refractivity contribution in [2.75, 3.05) is 26.4 Å². The number of aromatic nitrogens is 1. The second-order valence-electron chi connectivity index (χ2n) is 5.40. The molecule has 0 aliphatic heterocycles. The maximum Gasteiger partial charge on any atom is 0.224 e. The van der Waals surface area contributed by atoms with E-state index in [-0.39, 0.29) is 24.6 Å². The molecule has 0 aliphatic rings. The van der Waals surface area contributed by atoms with Crippen LogP contribution in [0.25, 0.3) is 10.9 Å². The number of nitrogens with zero attached hydrogens (tertiary/aromatic N) is 1. The van der Waals surface area contributed by atoms with Gasteiger partial charge in [-0.15, -0.1) is 0 Å². The number of hydrogen-bond acceptors (Lipinski definition) is 3. The van der Waals surface area contributed by atoms with Crippen molar-refractivity contribution in [1.82, 2.24) is 14.6 Å². The first-order chi connectivity index (χ1) is 10.3. The lowest BCUT2D eigenvalue weighted by Gasteiger charge is -2.11. The molecule has 0 radical (unpaired) electrons. The van der Waals surface area contributed by atoms with Crippen LogP contribution in [0.15, 0.2) is 24.3 Å². The second-order valence-corrected chi connectivity index (χ2v) is 7.70. The molecule has 6 nitrogen and oxygen atoms in total. The zero-order valence-corrected chi connectivity index (χ0v) is 13.8. The fourth-order valence-electron chi connectivity index (χ4n) is 2.29. The topological polar surface area (TPSA) is 82.3 Å². The zero-order valence-electron chi connectivity index (χ0n) is 13.0. The number of carbonyl (C=O) groups is 1. The van der Waals surface area contributed by atoms with E-state index < -0.39 is 10.0 Å². The smallest absolute Gasteiger partial charge is 0.224 e. The van der Waals surface area contributed by atoms with Crippen LogP contribution in [0.4, 0.5) is 0 Å². The number of aromatic amines is 1. The molecule has 0 saturated carbocycles.